The van der Waals surface area contributed by atoms with Gasteiger partial charge in [-0.05, 0) is 6.07 Å². The molecule has 1 saturated heterocycles. The number of hydrogen-bond acceptors (Lipinski definition) is 3. The summed E-state index contributed by atoms with van der Waals surface area (Å²) in [5, 5.41) is 9.01. The van der Waals surface area contributed by atoms with Crippen molar-refractivity contribution in [2.75, 3.05) is 13.2 Å². The summed E-state index contributed by atoms with van der Waals surface area (Å²) in [6.07, 6.45) is 0. The van der Waals surface area contributed by atoms with Crippen LogP contribution in [-0.4, -0.2) is 41.1 Å². The van der Waals surface area contributed by atoms with Gasteiger partial charge in [-0.1, -0.05) is 18.2 Å². The van der Waals surface area contributed by atoms with Crippen molar-refractivity contribution in [3.8, 4) is 0 Å². The minimum atomic E-state index is -1.15. The Morgan fingerprint density at radius 1 is 1.50 bits per heavy atom. The third kappa shape index (κ3) is 2.48. The van der Waals surface area contributed by atoms with Gasteiger partial charge in [0.05, 0.1) is 6.61 Å². The van der Waals surface area contributed by atoms with Gasteiger partial charge in [-0.2, -0.15) is 0 Å². The first kappa shape index (κ1) is 12.5. The maximum Gasteiger partial charge on any atom is 0.328 e. The summed E-state index contributed by atoms with van der Waals surface area (Å²) in [7, 11) is 0. The second-order valence-corrected chi connectivity index (χ2v) is 3.98. The number of amides is 1. The Balaban J connectivity index is 2.21. The molecule has 5 nitrogen and oxygen atoms in total. The Morgan fingerprint density at radius 3 is 2.89 bits per heavy atom. The lowest BCUT2D eigenvalue weighted by Crippen LogP contribution is -2.52. The number of halogens is 1. The fraction of sp³-hybridized carbons (Fsp3) is 0.333. The van der Waals surface area contributed by atoms with Gasteiger partial charge in [-0.25, -0.2) is 9.18 Å². The van der Waals surface area contributed by atoms with Crippen LogP contribution in [0.4, 0.5) is 4.39 Å². The van der Waals surface area contributed by atoms with Gasteiger partial charge in [-0.3, -0.25) is 4.79 Å². The maximum atomic E-state index is 13.5. The monoisotopic (exact) mass is 253 g/mol. The number of carboxylic acid groups (broad SMARTS) is 1. The highest BCUT2D eigenvalue weighted by Crippen LogP contribution is 2.15. The van der Waals surface area contributed by atoms with Crippen LogP contribution in [-0.2, 0) is 20.9 Å². The van der Waals surface area contributed by atoms with Gasteiger partial charge < -0.3 is 14.7 Å². The van der Waals surface area contributed by atoms with Crippen molar-refractivity contribution < 1.29 is 23.8 Å². The molecule has 1 aliphatic heterocycles. The molecule has 1 atom stereocenters. The molecule has 96 valence electrons. The second kappa shape index (κ2) is 5.14. The van der Waals surface area contributed by atoms with Crippen LogP contribution in [0.1, 0.15) is 5.56 Å². The molecule has 1 N–H and O–H groups in total. The molecule has 1 fully saturated rings. The standard InChI is InChI=1S/C12H12FNO4/c13-9-4-2-1-3-8(9)5-14-10(12(16)17)6-18-7-11(14)15/h1-4,10H,5-7H2,(H,16,17). The van der Waals surface area contributed by atoms with E-state index in [1.165, 1.54) is 18.2 Å². The zero-order valence-electron chi connectivity index (χ0n) is 9.51. The van der Waals surface area contributed by atoms with E-state index >= 15 is 0 Å². The second-order valence-electron chi connectivity index (χ2n) is 3.98. The van der Waals surface area contributed by atoms with Crippen molar-refractivity contribution in [1.82, 2.24) is 4.90 Å². The van der Waals surface area contributed by atoms with Crippen molar-refractivity contribution in [2.45, 2.75) is 12.6 Å². The molecule has 1 unspecified atom stereocenters. The SMILES string of the molecule is O=C(O)C1COCC(=O)N1Cc1ccccc1F. The molecule has 0 aliphatic carbocycles. The third-order valence-corrected chi connectivity index (χ3v) is 2.78. The van der Waals surface area contributed by atoms with Crippen molar-refractivity contribution in [3.05, 3.63) is 35.6 Å². The van der Waals surface area contributed by atoms with E-state index in [-0.39, 0.29) is 19.8 Å². The Bertz CT molecular complexity index is 477. The Kier molecular flexibility index (Phi) is 3.57. The van der Waals surface area contributed by atoms with Crippen molar-refractivity contribution >= 4 is 11.9 Å². The highest BCUT2D eigenvalue weighted by Gasteiger charge is 2.34. The molecule has 1 aromatic carbocycles. The van der Waals surface area contributed by atoms with Crippen LogP contribution in [0.25, 0.3) is 0 Å². The molecular formula is C12H12FNO4. The van der Waals surface area contributed by atoms with Crippen LogP contribution >= 0.6 is 0 Å². The van der Waals surface area contributed by atoms with Gasteiger partial charge in [0.2, 0.25) is 5.91 Å². The average molecular weight is 253 g/mol. The van der Waals surface area contributed by atoms with Crippen LogP contribution in [0.2, 0.25) is 0 Å². The fourth-order valence-corrected chi connectivity index (χ4v) is 1.82. The molecule has 1 amide bonds. The average Bonchev–Trinajstić information content (AvgIpc) is 2.34. The normalized spacial score (nSPS) is 19.9. The quantitative estimate of drug-likeness (QED) is 0.858. The predicted molar refractivity (Wildman–Crippen MR) is 59.2 cm³/mol. The lowest BCUT2D eigenvalue weighted by molar-refractivity contribution is -0.163. The summed E-state index contributed by atoms with van der Waals surface area (Å²) in [6, 6.07) is 4.91. The molecule has 0 spiro atoms. The van der Waals surface area contributed by atoms with Crippen molar-refractivity contribution in [3.63, 3.8) is 0 Å². The number of carbonyl (C=O) groups excluding carboxylic acids is 1. The van der Waals surface area contributed by atoms with E-state index in [0.717, 1.165) is 4.90 Å². The number of nitrogens with zero attached hydrogens (tertiary/aromatic N) is 1. The summed E-state index contributed by atoms with van der Waals surface area (Å²) in [4.78, 5) is 23.8. The van der Waals surface area contributed by atoms with Gasteiger partial charge in [0, 0.05) is 12.1 Å². The Morgan fingerprint density at radius 2 is 2.22 bits per heavy atom. The molecule has 1 aromatic rings. The van der Waals surface area contributed by atoms with E-state index in [9.17, 15) is 14.0 Å². The number of rotatable bonds is 3. The third-order valence-electron chi connectivity index (χ3n) is 2.78. The highest BCUT2D eigenvalue weighted by atomic mass is 19.1. The molecule has 1 aliphatic rings. The number of carboxylic acids is 1. The number of benzene rings is 1. The fourth-order valence-electron chi connectivity index (χ4n) is 1.82. The molecule has 0 bridgehead atoms. The van der Waals surface area contributed by atoms with Gasteiger partial charge in [0.15, 0.2) is 6.04 Å². The van der Waals surface area contributed by atoms with Crippen LogP contribution < -0.4 is 0 Å². The first-order valence-electron chi connectivity index (χ1n) is 5.43. The molecule has 6 heteroatoms. The van der Waals surface area contributed by atoms with Gasteiger partial charge in [0.25, 0.3) is 0 Å². The van der Waals surface area contributed by atoms with Crippen LogP contribution in [0.5, 0.6) is 0 Å². The van der Waals surface area contributed by atoms with E-state index in [1.807, 2.05) is 0 Å². The van der Waals surface area contributed by atoms with Crippen molar-refractivity contribution in [2.24, 2.45) is 0 Å². The molecular weight excluding hydrogens is 241 g/mol. The molecule has 0 aromatic heterocycles. The number of morpholine rings is 1. The largest absolute Gasteiger partial charge is 0.480 e. The molecule has 18 heavy (non-hydrogen) atoms. The van der Waals surface area contributed by atoms with E-state index in [2.05, 4.69) is 0 Å². The maximum absolute atomic E-state index is 13.5. The van der Waals surface area contributed by atoms with E-state index in [1.54, 1.807) is 6.07 Å². The smallest absolute Gasteiger partial charge is 0.328 e. The number of carbonyl (C=O) groups is 2. The first-order valence-corrected chi connectivity index (χ1v) is 5.43. The lowest BCUT2D eigenvalue weighted by atomic mass is 10.1. The van der Waals surface area contributed by atoms with Gasteiger partial charge in [0.1, 0.15) is 12.4 Å². The zero-order valence-corrected chi connectivity index (χ0v) is 9.51. The van der Waals surface area contributed by atoms with Crippen LogP contribution in [0.3, 0.4) is 0 Å². The van der Waals surface area contributed by atoms with E-state index in [0.29, 0.717) is 5.56 Å². The zero-order chi connectivity index (χ0) is 13.1. The lowest BCUT2D eigenvalue weighted by Gasteiger charge is -2.32. The summed E-state index contributed by atoms with van der Waals surface area (Å²) in [5.74, 6) is -2.06. The number of aliphatic carboxylic acids is 1. The summed E-state index contributed by atoms with van der Waals surface area (Å²) >= 11 is 0. The van der Waals surface area contributed by atoms with Gasteiger partial charge in [-0.15, -0.1) is 0 Å². The van der Waals surface area contributed by atoms with Crippen molar-refractivity contribution in [1.29, 1.82) is 0 Å². The minimum Gasteiger partial charge on any atom is -0.480 e. The molecule has 0 saturated carbocycles. The summed E-state index contributed by atoms with van der Waals surface area (Å²) in [6.45, 7) is -0.306. The molecule has 2 rings (SSSR count). The number of hydrogen-bond donors (Lipinski definition) is 1. The number of ether oxygens (including phenoxy) is 1. The topological polar surface area (TPSA) is 66.8 Å². The highest BCUT2D eigenvalue weighted by molar-refractivity contribution is 5.85. The van der Waals surface area contributed by atoms with Gasteiger partial charge >= 0.3 is 5.97 Å². The molecule has 0 radical (unpaired) electrons. The van der Waals surface area contributed by atoms with E-state index in [4.69, 9.17) is 9.84 Å². The summed E-state index contributed by atoms with van der Waals surface area (Å²) in [5.41, 5.74) is 0.291. The first-order chi connectivity index (χ1) is 8.59. The molecule has 1 heterocycles. The van der Waals surface area contributed by atoms with Crippen LogP contribution in [0.15, 0.2) is 24.3 Å². The minimum absolute atomic E-state index is 0.0637. The van der Waals surface area contributed by atoms with E-state index < -0.39 is 23.7 Å². The Labute approximate surface area is 103 Å². The van der Waals surface area contributed by atoms with Crippen LogP contribution in [0, 0.1) is 5.82 Å². The summed E-state index contributed by atoms with van der Waals surface area (Å²) < 4.78 is 18.4. The Hall–Kier alpha value is -1.95. The predicted octanol–water partition coefficient (Wildman–Crippen LogP) is 0.638.